The Morgan fingerprint density at radius 2 is 1.71 bits per heavy atom. The van der Waals surface area contributed by atoms with Gasteiger partial charge in [-0.3, -0.25) is 14.5 Å². The number of rotatable bonds is 6. The first-order chi connectivity index (χ1) is 15.0. The van der Waals surface area contributed by atoms with E-state index in [2.05, 4.69) is 19.1 Å². The molecule has 0 bridgehead atoms. The van der Waals surface area contributed by atoms with Crippen LogP contribution in [0.1, 0.15) is 22.3 Å². The van der Waals surface area contributed by atoms with Crippen molar-refractivity contribution in [3.8, 4) is 5.75 Å². The molecule has 1 heterocycles. The minimum absolute atomic E-state index is 0.203. The standard InChI is InChI=1S/C25H20ClNO3S/c1-17-4-2-6-20(12-17)16-30-22-10-8-18(9-11-22)14-23-24(28)27(25(29)31-23)15-19-5-3-7-21(26)13-19/h2-14H,15-16H2,1H3/b23-14-. The van der Waals surface area contributed by atoms with Gasteiger partial charge in [0.2, 0.25) is 0 Å². The maximum Gasteiger partial charge on any atom is 0.293 e. The third-order valence-electron chi connectivity index (χ3n) is 4.77. The molecule has 0 N–H and O–H groups in total. The summed E-state index contributed by atoms with van der Waals surface area (Å²) in [7, 11) is 0. The molecule has 156 valence electrons. The number of hydrogen-bond acceptors (Lipinski definition) is 4. The van der Waals surface area contributed by atoms with Crippen molar-refractivity contribution in [1.82, 2.24) is 4.90 Å². The summed E-state index contributed by atoms with van der Waals surface area (Å²) >= 11 is 6.95. The second-order valence-electron chi connectivity index (χ2n) is 7.24. The average Bonchev–Trinajstić information content (AvgIpc) is 3.01. The molecular weight excluding hydrogens is 430 g/mol. The zero-order chi connectivity index (χ0) is 21.8. The van der Waals surface area contributed by atoms with Crippen LogP contribution in [-0.2, 0) is 17.9 Å². The second kappa shape index (κ2) is 9.41. The van der Waals surface area contributed by atoms with Gasteiger partial charge in [-0.15, -0.1) is 0 Å². The number of carbonyl (C=O) groups is 2. The molecule has 6 heteroatoms. The lowest BCUT2D eigenvalue weighted by molar-refractivity contribution is -0.123. The largest absolute Gasteiger partial charge is 0.489 e. The highest BCUT2D eigenvalue weighted by atomic mass is 35.5. The van der Waals surface area contributed by atoms with Crippen molar-refractivity contribution in [3.05, 3.63) is 105 Å². The first kappa shape index (κ1) is 21.2. The minimum Gasteiger partial charge on any atom is -0.489 e. The molecule has 31 heavy (non-hydrogen) atoms. The Balaban J connectivity index is 1.41. The van der Waals surface area contributed by atoms with Crippen LogP contribution in [0.3, 0.4) is 0 Å². The van der Waals surface area contributed by atoms with Crippen LogP contribution in [-0.4, -0.2) is 16.0 Å². The summed E-state index contributed by atoms with van der Waals surface area (Å²) in [4.78, 5) is 26.7. The summed E-state index contributed by atoms with van der Waals surface area (Å²) in [6, 6.07) is 22.8. The zero-order valence-electron chi connectivity index (χ0n) is 16.9. The highest BCUT2D eigenvalue weighted by molar-refractivity contribution is 8.18. The van der Waals surface area contributed by atoms with E-state index in [-0.39, 0.29) is 17.7 Å². The SMILES string of the molecule is Cc1cccc(COc2ccc(/C=C3\SC(=O)N(Cc4cccc(Cl)c4)C3=O)cc2)c1. The molecule has 0 unspecified atom stereocenters. The Hall–Kier alpha value is -3.02. The maximum absolute atomic E-state index is 12.7. The molecular formula is C25H20ClNO3S. The molecule has 1 fully saturated rings. The summed E-state index contributed by atoms with van der Waals surface area (Å²) < 4.78 is 5.84. The smallest absolute Gasteiger partial charge is 0.293 e. The molecule has 0 spiro atoms. The van der Waals surface area contributed by atoms with E-state index in [1.165, 1.54) is 10.5 Å². The number of benzene rings is 3. The van der Waals surface area contributed by atoms with Gasteiger partial charge in [-0.1, -0.05) is 65.7 Å². The summed E-state index contributed by atoms with van der Waals surface area (Å²) in [6.07, 6.45) is 1.73. The van der Waals surface area contributed by atoms with Crippen LogP contribution < -0.4 is 4.74 Å². The van der Waals surface area contributed by atoms with Crippen LogP contribution in [0.15, 0.2) is 77.7 Å². The predicted molar refractivity (Wildman–Crippen MR) is 125 cm³/mol. The third kappa shape index (κ3) is 5.37. The molecule has 1 aliphatic rings. The zero-order valence-corrected chi connectivity index (χ0v) is 18.5. The van der Waals surface area contributed by atoms with Gasteiger partial charge in [0.25, 0.3) is 11.1 Å². The van der Waals surface area contributed by atoms with Crippen molar-refractivity contribution in [2.45, 2.75) is 20.1 Å². The van der Waals surface area contributed by atoms with Crippen LogP contribution in [0.4, 0.5) is 4.79 Å². The fraction of sp³-hybridized carbons (Fsp3) is 0.120. The molecule has 0 atom stereocenters. The average molecular weight is 450 g/mol. The van der Waals surface area contributed by atoms with Gasteiger partial charge >= 0.3 is 0 Å². The van der Waals surface area contributed by atoms with Gasteiger partial charge in [-0.05, 0) is 65.7 Å². The first-order valence-corrected chi connectivity index (χ1v) is 11.0. The normalized spacial score (nSPS) is 15.0. The number of hydrogen-bond donors (Lipinski definition) is 0. The minimum atomic E-state index is -0.297. The Morgan fingerprint density at radius 1 is 0.968 bits per heavy atom. The lowest BCUT2D eigenvalue weighted by Crippen LogP contribution is -2.27. The highest BCUT2D eigenvalue weighted by Crippen LogP contribution is 2.33. The van der Waals surface area contributed by atoms with Gasteiger partial charge in [0.1, 0.15) is 12.4 Å². The van der Waals surface area contributed by atoms with Crippen molar-refractivity contribution in [1.29, 1.82) is 0 Å². The Bertz CT molecular complexity index is 1160. The van der Waals surface area contributed by atoms with Crippen LogP contribution in [0, 0.1) is 6.92 Å². The fourth-order valence-corrected chi connectivity index (χ4v) is 4.29. The van der Waals surface area contributed by atoms with Crippen molar-refractivity contribution >= 4 is 40.6 Å². The van der Waals surface area contributed by atoms with Gasteiger partial charge in [-0.2, -0.15) is 0 Å². The van der Waals surface area contributed by atoms with Crippen LogP contribution in [0.25, 0.3) is 6.08 Å². The molecule has 3 aromatic carbocycles. The lowest BCUT2D eigenvalue weighted by atomic mass is 10.1. The predicted octanol–water partition coefficient (Wildman–Crippen LogP) is 6.46. The number of thioether (sulfide) groups is 1. The van der Waals surface area contributed by atoms with Crippen LogP contribution in [0.5, 0.6) is 5.75 Å². The van der Waals surface area contributed by atoms with Crippen molar-refractivity contribution < 1.29 is 14.3 Å². The molecule has 2 amide bonds. The molecule has 0 saturated carbocycles. The molecule has 0 radical (unpaired) electrons. The molecule has 4 nitrogen and oxygen atoms in total. The van der Waals surface area contributed by atoms with Gasteiger partial charge in [-0.25, -0.2) is 0 Å². The second-order valence-corrected chi connectivity index (χ2v) is 8.67. The molecule has 1 aliphatic heterocycles. The van der Waals surface area contributed by atoms with E-state index in [0.29, 0.717) is 16.5 Å². The van der Waals surface area contributed by atoms with Crippen LogP contribution >= 0.6 is 23.4 Å². The Morgan fingerprint density at radius 3 is 2.45 bits per heavy atom. The summed E-state index contributed by atoms with van der Waals surface area (Å²) in [5.74, 6) is 0.447. The summed E-state index contributed by atoms with van der Waals surface area (Å²) in [6.45, 7) is 2.74. The lowest BCUT2D eigenvalue weighted by Gasteiger charge is -2.12. The number of aryl methyl sites for hydroxylation is 1. The van der Waals surface area contributed by atoms with Gasteiger partial charge < -0.3 is 4.74 Å². The molecule has 4 rings (SSSR count). The number of ether oxygens (including phenoxy) is 1. The Labute approximate surface area is 190 Å². The number of amides is 2. The van der Waals surface area contributed by atoms with E-state index in [0.717, 1.165) is 34.2 Å². The quantitative estimate of drug-likeness (QED) is 0.405. The molecule has 3 aromatic rings. The van der Waals surface area contributed by atoms with Crippen LogP contribution in [0.2, 0.25) is 5.02 Å². The molecule has 1 saturated heterocycles. The maximum atomic E-state index is 12.7. The van der Waals surface area contributed by atoms with E-state index in [9.17, 15) is 9.59 Å². The van der Waals surface area contributed by atoms with Crippen molar-refractivity contribution in [2.24, 2.45) is 0 Å². The van der Waals surface area contributed by atoms with Gasteiger partial charge in [0.05, 0.1) is 11.4 Å². The third-order valence-corrected chi connectivity index (χ3v) is 5.91. The number of halogens is 1. The Kier molecular flexibility index (Phi) is 6.44. The topological polar surface area (TPSA) is 46.6 Å². The van der Waals surface area contributed by atoms with E-state index < -0.39 is 0 Å². The summed E-state index contributed by atoms with van der Waals surface area (Å²) in [5.41, 5.74) is 3.94. The van der Waals surface area contributed by atoms with Gasteiger partial charge in [0, 0.05) is 5.02 Å². The fourth-order valence-electron chi connectivity index (χ4n) is 3.23. The van der Waals surface area contributed by atoms with E-state index in [4.69, 9.17) is 16.3 Å². The van der Waals surface area contributed by atoms with Gasteiger partial charge in [0.15, 0.2) is 0 Å². The van der Waals surface area contributed by atoms with Crippen molar-refractivity contribution in [3.63, 3.8) is 0 Å². The number of imide groups is 1. The van der Waals surface area contributed by atoms with E-state index in [1.54, 1.807) is 24.3 Å². The van der Waals surface area contributed by atoms with E-state index >= 15 is 0 Å². The summed E-state index contributed by atoms with van der Waals surface area (Å²) in [5, 5.41) is 0.291. The van der Waals surface area contributed by atoms with Crippen molar-refractivity contribution in [2.75, 3.05) is 0 Å². The monoisotopic (exact) mass is 449 g/mol. The molecule has 0 aliphatic carbocycles. The highest BCUT2D eigenvalue weighted by Gasteiger charge is 2.34. The van der Waals surface area contributed by atoms with E-state index in [1.807, 2.05) is 42.5 Å². The first-order valence-electron chi connectivity index (χ1n) is 9.76. The number of nitrogens with zero attached hydrogens (tertiary/aromatic N) is 1. The number of carbonyl (C=O) groups excluding carboxylic acids is 2. The molecule has 0 aromatic heterocycles.